The summed E-state index contributed by atoms with van der Waals surface area (Å²) in [4.78, 5) is 106. The largest absolute Gasteiger partial charge is 0.494 e. The Balaban J connectivity index is 1.06. The van der Waals surface area contributed by atoms with Crippen molar-refractivity contribution in [2.24, 2.45) is 7.05 Å². The van der Waals surface area contributed by atoms with Crippen LogP contribution in [-0.2, 0) is 47.6 Å². The van der Waals surface area contributed by atoms with Gasteiger partial charge in [-0.25, -0.2) is 13.4 Å². The minimum Gasteiger partial charge on any atom is -0.494 e. The number of β-amino-alcohol motifs (C(OH)–C–C–N with tert-alkyl or cyclic N) is 2. The summed E-state index contributed by atoms with van der Waals surface area (Å²) < 4.78 is 36.9. The molecule has 3 unspecified atom stereocenters. The molecule has 2 aromatic carbocycles. The number of hydrogen-bond acceptors (Lipinski definition) is 21. The average molecular weight is 1230 g/mol. The third-order valence-electron chi connectivity index (χ3n) is 14.1. The molecule has 1 fully saturated rings. The molecular formula is C55H82N14O16S. The SMILES string of the molecule is [CH]N1CCN(CC)CCN(CC(O)O)CCN(CC(=O)NC(CC)C(=O)NC(CC(O)(O)O)C(=O)NCCNC(=O)CCCOc2cc(C)c(S(=O)(=O)NC(CNC(=O)c3cn(C)c4cc(CNc5ncc[nH]5)ccc4c3=O)C(=O)O)c(C)c2)CC1. The lowest BCUT2D eigenvalue weighted by atomic mass is 10.1. The fourth-order valence-corrected chi connectivity index (χ4v) is 11.1. The molecule has 0 saturated carbocycles. The van der Waals surface area contributed by atoms with Crippen molar-refractivity contribution in [3.05, 3.63) is 88.4 Å². The second kappa shape index (κ2) is 33.1. The second-order valence-electron chi connectivity index (χ2n) is 20.9. The Labute approximate surface area is 498 Å². The molecule has 2 radical (unpaired) electrons. The first-order valence-corrected chi connectivity index (χ1v) is 29.6. The topological polar surface area (TPSA) is 415 Å². The minimum atomic E-state index is -4.53. The number of imidazole rings is 1. The maximum Gasteiger partial charge on any atom is 0.323 e. The molecule has 31 heteroatoms. The maximum absolute atomic E-state index is 13.7. The summed E-state index contributed by atoms with van der Waals surface area (Å²) in [5.41, 5.74) is 0.840. The smallest absolute Gasteiger partial charge is 0.323 e. The van der Waals surface area contributed by atoms with Crippen molar-refractivity contribution in [2.75, 3.05) is 104 Å². The first kappa shape index (κ1) is 69.6. The first-order chi connectivity index (χ1) is 40.7. The molecule has 86 heavy (non-hydrogen) atoms. The number of aliphatic carboxylic acids is 1. The van der Waals surface area contributed by atoms with Crippen LogP contribution in [0.1, 0.15) is 66.6 Å². The summed E-state index contributed by atoms with van der Waals surface area (Å²) >= 11 is 0. The number of aromatic nitrogens is 3. The molecule has 474 valence electrons. The zero-order chi connectivity index (χ0) is 63.3. The number of ether oxygens (including phenoxy) is 1. The predicted octanol–water partition coefficient (Wildman–Crippen LogP) is -3.34. The Kier molecular flexibility index (Phi) is 26.8. The lowest BCUT2D eigenvalue weighted by molar-refractivity contribution is -0.316. The van der Waals surface area contributed by atoms with Gasteiger partial charge in [0.25, 0.3) is 11.9 Å². The highest BCUT2D eigenvalue weighted by Crippen LogP contribution is 2.26. The summed E-state index contributed by atoms with van der Waals surface area (Å²) in [6, 6.07) is 3.16. The molecule has 3 atom stereocenters. The number of sulfonamides is 1. The first-order valence-electron chi connectivity index (χ1n) is 28.1. The number of nitrogens with zero attached hydrogens (tertiary/aromatic N) is 6. The highest BCUT2D eigenvalue weighted by Gasteiger charge is 2.34. The molecule has 2 aromatic heterocycles. The zero-order valence-corrected chi connectivity index (χ0v) is 49.8. The van der Waals surface area contributed by atoms with Crippen LogP contribution < -0.4 is 46.8 Å². The highest BCUT2D eigenvalue weighted by molar-refractivity contribution is 7.89. The van der Waals surface area contributed by atoms with Gasteiger partial charge in [0.2, 0.25) is 39.1 Å². The lowest BCUT2D eigenvalue weighted by Gasteiger charge is -2.33. The number of likely N-dealkylation sites (N-methyl/N-ethyl adjacent to an activating group) is 1. The van der Waals surface area contributed by atoms with Crippen LogP contribution in [-0.4, -0.2) is 237 Å². The van der Waals surface area contributed by atoms with E-state index in [0.717, 1.165) is 12.1 Å². The summed E-state index contributed by atoms with van der Waals surface area (Å²) in [7, 11) is 3.34. The number of carbonyl (C=O) groups is 6. The van der Waals surface area contributed by atoms with Crippen LogP contribution in [0.5, 0.6) is 5.75 Å². The van der Waals surface area contributed by atoms with E-state index in [-0.39, 0.29) is 84.8 Å². The van der Waals surface area contributed by atoms with Crippen LogP contribution in [0.25, 0.3) is 10.9 Å². The molecule has 14 N–H and O–H groups in total. The van der Waals surface area contributed by atoms with Crippen LogP contribution in [0.15, 0.2) is 58.6 Å². The Hall–Kier alpha value is -7.17. The molecule has 4 aromatic rings. The Bertz CT molecular complexity index is 3080. The standard InChI is InChI=1S/C55H82N14O16S/c1-7-41(62-46(71)33-68-20-18-65(5)17-19-67(8-2)21-22-69(24-23-68)34-47(72)73)52(77)63-42(29-55(80,81)82)51(76)57-14-13-56-45(70)10-9-25-85-38-26-35(3)49(36(4)27-38)86(83,84)64-43(53(78)79)31-60-50(75)40-32-66(6)44-28-37(11-12-39(44)48(40)74)30-61-54-58-15-16-59-54/h5,11-12,15-16,26-28,32,41-43,47,64,72-73,80-82H,7-10,13-14,17-25,29-31,33-34H2,1-4,6H3,(H,56,70)(H,57,76)(H,60,75)(H,62,71)(H,63,77)(H,78,79)(H2,58,59,61). The van der Waals surface area contributed by atoms with Gasteiger partial charge in [-0.3, -0.25) is 48.3 Å². The number of nitrogens with one attached hydrogen (secondary N) is 8. The number of carboxylic acids is 1. The molecule has 5 amide bonds. The minimum absolute atomic E-state index is 0.00465. The van der Waals surface area contributed by atoms with Crippen molar-refractivity contribution >= 4 is 62.4 Å². The van der Waals surface area contributed by atoms with E-state index in [1.54, 1.807) is 54.0 Å². The van der Waals surface area contributed by atoms with Gasteiger partial charge < -0.3 is 81.7 Å². The molecule has 0 bridgehead atoms. The fourth-order valence-electron chi connectivity index (χ4n) is 9.49. The van der Waals surface area contributed by atoms with Gasteiger partial charge in [0.1, 0.15) is 29.4 Å². The number of carbonyl (C=O) groups excluding carboxylic acids is 5. The number of hydrogen-bond donors (Lipinski definition) is 14. The van der Waals surface area contributed by atoms with Gasteiger partial charge in [-0.1, -0.05) is 19.9 Å². The Morgan fingerprint density at radius 2 is 1.48 bits per heavy atom. The monoisotopic (exact) mass is 1230 g/mol. The number of carboxylic acid groups (broad SMARTS) is 1. The molecule has 1 aliphatic rings. The van der Waals surface area contributed by atoms with Gasteiger partial charge in [-0.15, -0.1) is 0 Å². The highest BCUT2D eigenvalue weighted by atomic mass is 32.2. The van der Waals surface area contributed by atoms with Crippen molar-refractivity contribution in [1.82, 2.24) is 65.4 Å². The van der Waals surface area contributed by atoms with Gasteiger partial charge in [0, 0.05) is 130 Å². The van der Waals surface area contributed by atoms with Crippen LogP contribution in [0, 0.1) is 20.9 Å². The van der Waals surface area contributed by atoms with E-state index in [1.807, 2.05) is 16.7 Å². The number of aliphatic hydroxyl groups is 5. The molecule has 1 aliphatic heterocycles. The molecule has 0 spiro atoms. The normalized spacial score (nSPS) is 15.6. The van der Waals surface area contributed by atoms with Crippen LogP contribution in [0.2, 0.25) is 0 Å². The second-order valence-corrected chi connectivity index (χ2v) is 22.6. The van der Waals surface area contributed by atoms with Crippen molar-refractivity contribution < 1.29 is 72.6 Å². The summed E-state index contributed by atoms with van der Waals surface area (Å²) in [6.07, 6.45) is 2.15. The average Bonchev–Trinajstić information content (AvgIpc) is 2.61. The number of rotatable bonds is 30. The van der Waals surface area contributed by atoms with Gasteiger partial charge in [0.15, 0.2) is 12.2 Å². The number of H-pyrrole nitrogens is 1. The van der Waals surface area contributed by atoms with Crippen LogP contribution >= 0.6 is 0 Å². The van der Waals surface area contributed by atoms with E-state index in [0.29, 0.717) is 70.4 Å². The van der Waals surface area contributed by atoms with Crippen molar-refractivity contribution in [3.63, 3.8) is 0 Å². The predicted molar refractivity (Wildman–Crippen MR) is 313 cm³/mol. The van der Waals surface area contributed by atoms with E-state index in [1.165, 1.54) is 32.2 Å². The lowest BCUT2D eigenvalue weighted by Crippen LogP contribution is -2.57. The van der Waals surface area contributed by atoms with Gasteiger partial charge in [-0.2, -0.15) is 4.72 Å². The molecule has 5 rings (SSSR count). The van der Waals surface area contributed by atoms with E-state index in [2.05, 4.69) is 51.5 Å². The zero-order valence-electron chi connectivity index (χ0n) is 49.0. The van der Waals surface area contributed by atoms with E-state index in [4.69, 9.17) is 11.8 Å². The Morgan fingerprint density at radius 3 is 2.10 bits per heavy atom. The maximum atomic E-state index is 13.7. The number of benzene rings is 2. The molecule has 0 aliphatic carbocycles. The van der Waals surface area contributed by atoms with E-state index in [9.17, 15) is 72.6 Å². The third kappa shape index (κ3) is 22.3. The van der Waals surface area contributed by atoms with Gasteiger partial charge >= 0.3 is 5.97 Å². The van der Waals surface area contributed by atoms with Crippen LogP contribution in [0.3, 0.4) is 0 Å². The van der Waals surface area contributed by atoms with E-state index >= 15 is 0 Å². The number of anilines is 1. The molecule has 30 nitrogen and oxygen atoms in total. The summed E-state index contributed by atoms with van der Waals surface area (Å²) in [6.45, 7) is 10.6. The van der Waals surface area contributed by atoms with Gasteiger partial charge in [-0.05, 0) is 74.2 Å². The van der Waals surface area contributed by atoms with Crippen molar-refractivity contribution in [1.29, 1.82) is 0 Å². The third-order valence-corrected chi connectivity index (χ3v) is 15.8. The number of aryl methyl sites for hydroxylation is 3. The molecule has 1 saturated heterocycles. The van der Waals surface area contributed by atoms with E-state index < -0.39 is 94.3 Å². The van der Waals surface area contributed by atoms with Crippen LogP contribution in [0.4, 0.5) is 5.95 Å². The number of aromatic amines is 1. The quantitative estimate of drug-likeness (QED) is 0.0179. The molecule has 3 heterocycles. The summed E-state index contributed by atoms with van der Waals surface area (Å²) in [5, 5.41) is 74.5. The number of amides is 5. The van der Waals surface area contributed by atoms with Gasteiger partial charge in [0.05, 0.1) is 30.0 Å². The Morgan fingerprint density at radius 1 is 0.826 bits per heavy atom. The number of fused-ring (bicyclic) bond motifs is 1. The number of pyridine rings is 1. The fraction of sp³-hybridized carbons (Fsp3) is 0.545. The number of aliphatic hydroxyl groups excluding tert-OH is 1. The van der Waals surface area contributed by atoms with Crippen molar-refractivity contribution in [3.8, 4) is 5.75 Å². The molecular weight excluding hydrogens is 1140 g/mol. The van der Waals surface area contributed by atoms with Crippen molar-refractivity contribution in [2.45, 2.75) is 95.2 Å². The summed E-state index contributed by atoms with van der Waals surface area (Å²) in [5.74, 6) is -7.89.